The number of amides is 1. The van der Waals surface area contributed by atoms with E-state index in [1.165, 1.54) is 0 Å². The predicted molar refractivity (Wildman–Crippen MR) is 90.1 cm³/mol. The molecule has 0 bridgehead atoms. The fourth-order valence-corrected chi connectivity index (χ4v) is 4.29. The van der Waals surface area contributed by atoms with Crippen molar-refractivity contribution in [2.75, 3.05) is 32.1 Å². The molecule has 1 fully saturated rings. The van der Waals surface area contributed by atoms with Gasteiger partial charge in [-0.15, -0.1) is 0 Å². The summed E-state index contributed by atoms with van der Waals surface area (Å²) in [5.74, 6) is 1.39. The van der Waals surface area contributed by atoms with Crippen LogP contribution in [0, 0.1) is 0 Å². The van der Waals surface area contributed by atoms with E-state index in [2.05, 4.69) is 0 Å². The molecule has 0 aromatic heterocycles. The van der Waals surface area contributed by atoms with Gasteiger partial charge in [-0.05, 0) is 26.0 Å². The van der Waals surface area contributed by atoms with Gasteiger partial charge in [-0.3, -0.25) is 9.00 Å². The van der Waals surface area contributed by atoms with Crippen LogP contribution in [0.1, 0.15) is 30.6 Å². The van der Waals surface area contributed by atoms with E-state index >= 15 is 0 Å². The zero-order valence-electron chi connectivity index (χ0n) is 13.3. The van der Waals surface area contributed by atoms with Gasteiger partial charge in [0.25, 0.3) is 5.91 Å². The van der Waals surface area contributed by atoms with Crippen molar-refractivity contribution in [3.05, 3.63) is 22.7 Å². The van der Waals surface area contributed by atoms with Crippen LogP contribution in [-0.2, 0) is 10.8 Å². The molecule has 1 atom stereocenters. The third-order valence-corrected chi connectivity index (χ3v) is 6.27. The van der Waals surface area contributed by atoms with E-state index in [0.29, 0.717) is 54.1 Å². The number of halogens is 1. The maximum atomic E-state index is 12.8. The molecule has 5 nitrogen and oxygen atoms in total. The van der Waals surface area contributed by atoms with Gasteiger partial charge in [0.2, 0.25) is 0 Å². The number of nitrogens with zero attached hydrogens (tertiary/aromatic N) is 1. The molecule has 1 aromatic carbocycles. The summed E-state index contributed by atoms with van der Waals surface area (Å²) < 4.78 is 22.8. The van der Waals surface area contributed by atoms with Crippen molar-refractivity contribution in [3.63, 3.8) is 0 Å². The van der Waals surface area contributed by atoms with Crippen molar-refractivity contribution in [3.8, 4) is 11.5 Å². The van der Waals surface area contributed by atoms with Crippen LogP contribution in [-0.4, -0.2) is 51.8 Å². The van der Waals surface area contributed by atoms with Crippen molar-refractivity contribution in [1.29, 1.82) is 0 Å². The first-order valence-electron chi connectivity index (χ1n) is 7.65. The lowest BCUT2D eigenvalue weighted by molar-refractivity contribution is 0.0745. The Labute approximate surface area is 143 Å². The molecule has 0 aliphatic carbocycles. The minimum atomic E-state index is -0.917. The van der Waals surface area contributed by atoms with E-state index in [-0.39, 0.29) is 5.91 Å². The molecular weight excluding hydrogens is 338 g/mol. The molecule has 0 N–H and O–H groups in total. The summed E-state index contributed by atoms with van der Waals surface area (Å²) in [4.78, 5) is 14.5. The Morgan fingerprint density at radius 3 is 2.78 bits per heavy atom. The molecule has 126 valence electrons. The number of hydrogen-bond acceptors (Lipinski definition) is 4. The highest BCUT2D eigenvalue weighted by Crippen LogP contribution is 2.38. The van der Waals surface area contributed by atoms with Crippen molar-refractivity contribution < 1.29 is 18.5 Å². The average Bonchev–Trinajstić information content (AvgIpc) is 2.75. The monoisotopic (exact) mass is 357 g/mol. The Hall–Kier alpha value is -1.27. The van der Waals surface area contributed by atoms with Gasteiger partial charge in [-0.2, -0.15) is 0 Å². The lowest BCUT2D eigenvalue weighted by Gasteiger charge is -2.37. The van der Waals surface area contributed by atoms with Crippen molar-refractivity contribution in [2.45, 2.75) is 25.0 Å². The lowest BCUT2D eigenvalue weighted by Crippen LogP contribution is -2.52. The zero-order valence-corrected chi connectivity index (χ0v) is 14.8. The Bertz CT molecular complexity index is 662. The first kappa shape index (κ1) is 16.6. The van der Waals surface area contributed by atoms with Crippen LogP contribution in [0.3, 0.4) is 0 Å². The van der Waals surface area contributed by atoms with Gasteiger partial charge in [-0.1, -0.05) is 11.6 Å². The predicted octanol–water partition coefficient (Wildman–Crippen LogP) is 2.48. The quantitative estimate of drug-likeness (QED) is 0.774. The second-order valence-electron chi connectivity index (χ2n) is 6.37. The molecule has 1 amide bonds. The molecule has 1 unspecified atom stereocenters. The van der Waals surface area contributed by atoms with E-state index in [0.717, 1.165) is 6.42 Å². The molecule has 1 aromatic rings. The van der Waals surface area contributed by atoms with Gasteiger partial charge < -0.3 is 14.4 Å². The van der Waals surface area contributed by atoms with Crippen molar-refractivity contribution >= 4 is 28.3 Å². The van der Waals surface area contributed by atoms with Gasteiger partial charge in [0.15, 0.2) is 11.5 Å². The number of ether oxygens (including phenoxy) is 2. The number of carbonyl (C=O) groups excluding carboxylic acids is 1. The number of fused-ring (bicyclic) bond motifs is 1. The van der Waals surface area contributed by atoms with Gasteiger partial charge in [-0.25, -0.2) is 0 Å². The number of carbonyl (C=O) groups is 1. The van der Waals surface area contributed by atoms with Crippen LogP contribution in [0.2, 0.25) is 5.02 Å². The summed E-state index contributed by atoms with van der Waals surface area (Å²) in [5.41, 5.74) is 0.475. The van der Waals surface area contributed by atoms with Crippen LogP contribution >= 0.6 is 11.6 Å². The molecule has 2 aliphatic heterocycles. The average molecular weight is 358 g/mol. The SMILES string of the molecule is CC1(C)CN(C(=O)c2cc(Cl)c3c(c2)OCCCO3)CCS1=O. The third kappa shape index (κ3) is 3.33. The summed E-state index contributed by atoms with van der Waals surface area (Å²) >= 11 is 6.26. The topological polar surface area (TPSA) is 55.8 Å². The van der Waals surface area contributed by atoms with Crippen molar-refractivity contribution in [1.82, 2.24) is 4.90 Å². The highest BCUT2D eigenvalue weighted by atomic mass is 35.5. The molecule has 7 heteroatoms. The largest absolute Gasteiger partial charge is 0.489 e. The van der Waals surface area contributed by atoms with E-state index in [1.54, 1.807) is 17.0 Å². The Morgan fingerprint density at radius 1 is 1.30 bits per heavy atom. The molecule has 3 rings (SSSR count). The molecular formula is C16H20ClNO4S. The molecule has 23 heavy (non-hydrogen) atoms. The minimum Gasteiger partial charge on any atom is -0.489 e. The fourth-order valence-electron chi connectivity index (χ4n) is 2.79. The van der Waals surface area contributed by atoms with Crippen LogP contribution in [0.25, 0.3) is 0 Å². The summed E-state index contributed by atoms with van der Waals surface area (Å²) in [6.07, 6.45) is 0.778. The van der Waals surface area contributed by atoms with Crippen LogP contribution in [0.15, 0.2) is 12.1 Å². The van der Waals surface area contributed by atoms with E-state index in [9.17, 15) is 9.00 Å². The van der Waals surface area contributed by atoms with E-state index < -0.39 is 15.5 Å². The van der Waals surface area contributed by atoms with E-state index in [4.69, 9.17) is 21.1 Å². The Kier molecular flexibility index (Phi) is 4.56. The normalized spacial score (nSPS) is 23.3. The number of rotatable bonds is 1. The second kappa shape index (κ2) is 6.32. The third-order valence-electron chi connectivity index (χ3n) is 4.07. The zero-order chi connectivity index (χ0) is 16.6. The molecule has 0 radical (unpaired) electrons. The van der Waals surface area contributed by atoms with Crippen LogP contribution in [0.4, 0.5) is 0 Å². The number of hydrogen-bond donors (Lipinski definition) is 0. The minimum absolute atomic E-state index is 0.118. The Balaban J connectivity index is 1.87. The smallest absolute Gasteiger partial charge is 0.254 e. The van der Waals surface area contributed by atoms with Crippen molar-refractivity contribution in [2.24, 2.45) is 0 Å². The highest BCUT2D eigenvalue weighted by Gasteiger charge is 2.35. The first-order valence-corrected chi connectivity index (χ1v) is 9.35. The lowest BCUT2D eigenvalue weighted by atomic mass is 10.1. The van der Waals surface area contributed by atoms with Crippen LogP contribution < -0.4 is 9.47 Å². The maximum absolute atomic E-state index is 12.8. The second-order valence-corrected chi connectivity index (χ2v) is 8.98. The first-order chi connectivity index (χ1) is 10.9. The molecule has 1 saturated heterocycles. The summed E-state index contributed by atoms with van der Waals surface area (Å²) in [6, 6.07) is 3.31. The molecule has 0 spiro atoms. The Morgan fingerprint density at radius 2 is 2.04 bits per heavy atom. The maximum Gasteiger partial charge on any atom is 0.254 e. The highest BCUT2D eigenvalue weighted by molar-refractivity contribution is 7.86. The number of benzene rings is 1. The molecule has 2 aliphatic rings. The summed E-state index contributed by atoms with van der Waals surface area (Å²) in [5, 5.41) is 0.382. The van der Waals surface area contributed by atoms with Gasteiger partial charge >= 0.3 is 0 Å². The fraction of sp³-hybridized carbons (Fsp3) is 0.562. The van der Waals surface area contributed by atoms with Gasteiger partial charge in [0.1, 0.15) is 0 Å². The van der Waals surface area contributed by atoms with Gasteiger partial charge in [0.05, 0.1) is 23.0 Å². The summed E-state index contributed by atoms with van der Waals surface area (Å²) in [6.45, 7) is 5.88. The van der Waals surface area contributed by atoms with Crippen LogP contribution in [0.5, 0.6) is 11.5 Å². The standard InChI is InChI=1S/C16H20ClNO4S/c1-16(2)10-18(4-7-23(16)20)15(19)11-8-12(17)14-13(9-11)21-5-3-6-22-14/h8-9H,3-7,10H2,1-2H3. The summed E-state index contributed by atoms with van der Waals surface area (Å²) in [7, 11) is -0.917. The molecule has 2 heterocycles. The molecule has 0 saturated carbocycles. The van der Waals surface area contributed by atoms with E-state index in [1.807, 2.05) is 13.8 Å². The van der Waals surface area contributed by atoms with Gasteiger partial charge in [0, 0.05) is 41.6 Å².